The summed E-state index contributed by atoms with van der Waals surface area (Å²) in [4.78, 5) is 55.7. The van der Waals surface area contributed by atoms with E-state index in [2.05, 4.69) is 27.0 Å². The van der Waals surface area contributed by atoms with Crippen molar-refractivity contribution in [3.05, 3.63) is 244 Å². The van der Waals surface area contributed by atoms with Crippen molar-refractivity contribution < 1.29 is 38.1 Å². The van der Waals surface area contributed by atoms with Crippen LogP contribution < -0.4 is 23.8 Å². The van der Waals surface area contributed by atoms with E-state index < -0.39 is 17.2 Å². The van der Waals surface area contributed by atoms with Crippen molar-refractivity contribution >= 4 is 41.5 Å². The van der Waals surface area contributed by atoms with Gasteiger partial charge in [-0.3, -0.25) is 24.1 Å². The number of fused-ring (bicyclic) bond motifs is 2. The monoisotopic (exact) mass is 962 g/mol. The average Bonchev–Trinajstić information content (AvgIpc) is 3.79. The van der Waals surface area contributed by atoms with Crippen molar-refractivity contribution in [3.63, 3.8) is 0 Å². The van der Waals surface area contributed by atoms with Crippen LogP contribution in [-0.4, -0.2) is 35.6 Å². The number of hydrogen-bond acceptors (Lipinski definition) is 8. The standard InChI is InChI=1S/C63H50N2O8/c1-7-40-10-14-42(15-11-40)37-70-57-33-44(18-9-39(57)3)45-19-32-56(58(34-45)71-38-43-16-12-41(8-2)13-17-43)65-61(68)53-31-29-51(36-55(53)62(65)69)73-49-26-22-47(23-27-49)63(4,5)46-20-24-48(25-21-46)72-50-28-30-52-54(35-50)60(67)64(6)59(52)66/h7-36H,1-2,37-38H2,3-6H3. The molecule has 2 aliphatic heterocycles. The van der Waals surface area contributed by atoms with E-state index in [1.165, 1.54) is 11.9 Å². The molecule has 0 unspecified atom stereocenters. The molecule has 2 heterocycles. The number of nitrogens with zero attached hydrogens (tertiary/aromatic N) is 2. The molecule has 0 fully saturated rings. The second-order valence-corrected chi connectivity index (χ2v) is 18.5. The van der Waals surface area contributed by atoms with Gasteiger partial charge in [-0.25, -0.2) is 4.90 Å². The molecule has 0 saturated heterocycles. The molecule has 0 aliphatic carbocycles. The van der Waals surface area contributed by atoms with Gasteiger partial charge in [0, 0.05) is 12.5 Å². The lowest BCUT2D eigenvalue weighted by atomic mass is 9.78. The minimum Gasteiger partial charge on any atom is -0.489 e. The summed E-state index contributed by atoms with van der Waals surface area (Å²) < 4.78 is 25.2. The highest BCUT2D eigenvalue weighted by Crippen LogP contribution is 2.41. The van der Waals surface area contributed by atoms with Crippen molar-refractivity contribution in [2.24, 2.45) is 0 Å². The Kier molecular flexibility index (Phi) is 12.7. The summed E-state index contributed by atoms with van der Waals surface area (Å²) in [6.07, 6.45) is 3.58. The molecule has 10 nitrogen and oxygen atoms in total. The third-order valence-electron chi connectivity index (χ3n) is 13.5. The number of carbonyl (C=O) groups is 4. The third-order valence-corrected chi connectivity index (χ3v) is 13.5. The molecule has 8 aromatic rings. The second-order valence-electron chi connectivity index (χ2n) is 18.5. The Labute approximate surface area is 424 Å². The number of imide groups is 2. The van der Waals surface area contributed by atoms with Gasteiger partial charge < -0.3 is 18.9 Å². The van der Waals surface area contributed by atoms with Gasteiger partial charge in [-0.05, 0) is 136 Å². The number of ether oxygens (including phenoxy) is 4. The minimum atomic E-state index is -0.495. The number of benzene rings is 8. The molecule has 8 aromatic carbocycles. The quantitative estimate of drug-likeness (QED) is 0.0880. The van der Waals surface area contributed by atoms with Gasteiger partial charge in [0.15, 0.2) is 0 Å². The molecule has 2 aliphatic rings. The lowest BCUT2D eigenvalue weighted by molar-refractivity contribution is 0.0692. The van der Waals surface area contributed by atoms with Crippen LogP contribution in [0, 0.1) is 6.92 Å². The fourth-order valence-corrected chi connectivity index (χ4v) is 8.98. The number of hydrogen-bond donors (Lipinski definition) is 0. The first-order valence-corrected chi connectivity index (χ1v) is 23.8. The van der Waals surface area contributed by atoms with E-state index in [1.807, 2.05) is 134 Å². The van der Waals surface area contributed by atoms with Crippen molar-refractivity contribution in [1.82, 2.24) is 4.90 Å². The molecule has 10 rings (SSSR count). The van der Waals surface area contributed by atoms with Crippen LogP contribution in [0.4, 0.5) is 5.69 Å². The van der Waals surface area contributed by atoms with Gasteiger partial charge in [-0.2, -0.15) is 0 Å². The first kappa shape index (κ1) is 47.4. The molecule has 0 aromatic heterocycles. The molecule has 0 atom stereocenters. The van der Waals surface area contributed by atoms with Crippen LogP contribution in [-0.2, 0) is 18.6 Å². The Morgan fingerprint density at radius 1 is 0.466 bits per heavy atom. The first-order valence-electron chi connectivity index (χ1n) is 23.8. The average molecular weight is 963 g/mol. The fourth-order valence-electron chi connectivity index (χ4n) is 8.98. The molecule has 0 bridgehead atoms. The molecule has 73 heavy (non-hydrogen) atoms. The van der Waals surface area contributed by atoms with Crippen molar-refractivity contribution in [2.45, 2.75) is 39.4 Å². The van der Waals surface area contributed by atoms with E-state index in [-0.39, 0.29) is 29.5 Å². The number of carbonyl (C=O) groups excluding carboxylic acids is 4. The smallest absolute Gasteiger partial charge is 0.266 e. The summed E-state index contributed by atoms with van der Waals surface area (Å²) in [5.74, 6) is 1.45. The Balaban J connectivity index is 0.851. The summed E-state index contributed by atoms with van der Waals surface area (Å²) >= 11 is 0. The third kappa shape index (κ3) is 9.42. The van der Waals surface area contributed by atoms with Crippen LogP contribution >= 0.6 is 0 Å². The molecule has 4 amide bonds. The predicted molar refractivity (Wildman–Crippen MR) is 284 cm³/mol. The Bertz CT molecular complexity index is 3500. The van der Waals surface area contributed by atoms with Crippen LogP contribution in [0.5, 0.6) is 34.5 Å². The lowest BCUT2D eigenvalue weighted by Gasteiger charge is -2.26. The van der Waals surface area contributed by atoms with E-state index in [4.69, 9.17) is 18.9 Å². The molecule has 0 N–H and O–H groups in total. The van der Waals surface area contributed by atoms with Crippen LogP contribution in [0.15, 0.2) is 183 Å². The SMILES string of the molecule is C=Cc1ccc(COc2cc(-c3ccc(N4C(=O)c5ccc(Oc6ccc(C(C)(C)c7ccc(Oc8ccc9c(c8)C(=O)N(C)C9=O)cc7)cc6)cc5C4=O)c(OCc4ccc(C=C)cc4)c3)ccc2C)cc1. The minimum absolute atomic E-state index is 0.184. The maximum absolute atomic E-state index is 14.4. The molecule has 10 heteroatoms. The highest BCUT2D eigenvalue weighted by molar-refractivity contribution is 6.35. The van der Waals surface area contributed by atoms with Gasteiger partial charge in [0.05, 0.1) is 27.9 Å². The maximum Gasteiger partial charge on any atom is 0.266 e. The van der Waals surface area contributed by atoms with Gasteiger partial charge in [-0.1, -0.05) is 130 Å². The molecular formula is C63H50N2O8. The van der Waals surface area contributed by atoms with Crippen molar-refractivity contribution in [2.75, 3.05) is 11.9 Å². The van der Waals surface area contributed by atoms with Gasteiger partial charge in [0.2, 0.25) is 0 Å². The summed E-state index contributed by atoms with van der Waals surface area (Å²) in [5.41, 5.74) is 9.75. The van der Waals surface area contributed by atoms with E-state index in [9.17, 15) is 19.2 Å². The van der Waals surface area contributed by atoms with Crippen molar-refractivity contribution in [1.29, 1.82) is 0 Å². The van der Waals surface area contributed by atoms with Crippen LogP contribution in [0.3, 0.4) is 0 Å². The predicted octanol–water partition coefficient (Wildman–Crippen LogP) is 14.0. The summed E-state index contributed by atoms with van der Waals surface area (Å²) in [7, 11) is 1.46. The second kappa shape index (κ2) is 19.5. The van der Waals surface area contributed by atoms with Crippen molar-refractivity contribution in [3.8, 4) is 45.6 Å². The largest absolute Gasteiger partial charge is 0.489 e. The summed E-state index contributed by atoms with van der Waals surface area (Å²) in [6.45, 7) is 14.5. The van der Waals surface area contributed by atoms with Gasteiger partial charge in [0.1, 0.15) is 47.7 Å². The number of rotatable bonds is 16. The normalized spacial score (nSPS) is 12.9. The molecule has 0 saturated carbocycles. The molecule has 360 valence electrons. The first-order chi connectivity index (χ1) is 35.3. The molecular weight excluding hydrogens is 913 g/mol. The van der Waals surface area contributed by atoms with E-state index in [0.29, 0.717) is 52.2 Å². The van der Waals surface area contributed by atoms with Gasteiger partial charge >= 0.3 is 0 Å². The van der Waals surface area contributed by atoms with Gasteiger partial charge in [-0.15, -0.1) is 0 Å². The lowest BCUT2D eigenvalue weighted by Crippen LogP contribution is -2.29. The Morgan fingerprint density at radius 3 is 1.41 bits per heavy atom. The number of anilines is 1. The topological polar surface area (TPSA) is 112 Å². The zero-order valence-electron chi connectivity index (χ0n) is 40.8. The van der Waals surface area contributed by atoms with E-state index in [1.54, 1.807) is 54.6 Å². The van der Waals surface area contributed by atoms with E-state index in [0.717, 1.165) is 60.7 Å². The summed E-state index contributed by atoms with van der Waals surface area (Å²) in [5, 5.41) is 0. The number of amides is 4. The highest BCUT2D eigenvalue weighted by Gasteiger charge is 2.39. The number of aryl methyl sites for hydroxylation is 1. The van der Waals surface area contributed by atoms with Crippen LogP contribution in [0.2, 0.25) is 0 Å². The van der Waals surface area contributed by atoms with Crippen LogP contribution in [0.25, 0.3) is 23.3 Å². The Hall–Kier alpha value is -9.28. The van der Waals surface area contributed by atoms with E-state index >= 15 is 0 Å². The highest BCUT2D eigenvalue weighted by atomic mass is 16.5. The van der Waals surface area contributed by atoms with Crippen LogP contribution in [0.1, 0.15) is 94.2 Å². The zero-order valence-corrected chi connectivity index (χ0v) is 40.8. The zero-order chi connectivity index (χ0) is 51.0. The fraction of sp³-hybridized carbons (Fsp3) is 0.111. The molecule has 0 radical (unpaired) electrons. The Morgan fingerprint density at radius 2 is 0.890 bits per heavy atom. The summed E-state index contributed by atoms with van der Waals surface area (Å²) in [6, 6.07) is 52.7. The molecule has 0 spiro atoms. The maximum atomic E-state index is 14.4. The van der Waals surface area contributed by atoms with Gasteiger partial charge in [0.25, 0.3) is 23.6 Å².